The number of hydrogen-bond donors (Lipinski definition) is 2. The van der Waals surface area contributed by atoms with Gasteiger partial charge in [-0.05, 0) is 44.2 Å². The summed E-state index contributed by atoms with van der Waals surface area (Å²) in [4.78, 5) is 8.91. The number of guanidine groups is 1. The number of halogens is 1. The van der Waals surface area contributed by atoms with Crippen LogP contribution in [0.2, 0.25) is 0 Å². The lowest BCUT2D eigenvalue weighted by Gasteiger charge is -2.30. The lowest BCUT2D eigenvalue weighted by atomic mass is 9.98. The second-order valence-electron chi connectivity index (χ2n) is 7.64. The van der Waals surface area contributed by atoms with Crippen molar-refractivity contribution in [3.05, 3.63) is 30.1 Å². The lowest BCUT2D eigenvalue weighted by Crippen LogP contribution is -2.44. The second-order valence-corrected chi connectivity index (χ2v) is 9.62. The van der Waals surface area contributed by atoms with Crippen LogP contribution in [0.4, 0.5) is 0 Å². The van der Waals surface area contributed by atoms with E-state index in [0.717, 1.165) is 56.2 Å². The van der Waals surface area contributed by atoms with E-state index in [0.29, 0.717) is 19.0 Å². The van der Waals surface area contributed by atoms with Gasteiger partial charge >= 0.3 is 0 Å². The molecule has 1 aromatic heterocycles. The van der Waals surface area contributed by atoms with Crippen molar-refractivity contribution in [2.24, 2.45) is 10.9 Å². The van der Waals surface area contributed by atoms with E-state index in [1.165, 1.54) is 11.8 Å². The summed E-state index contributed by atoms with van der Waals surface area (Å²) < 4.78 is 27.0. The van der Waals surface area contributed by atoms with Crippen molar-refractivity contribution < 1.29 is 8.42 Å². The Morgan fingerprint density at radius 3 is 2.60 bits per heavy atom. The molecular weight excluding hydrogens is 515 g/mol. The van der Waals surface area contributed by atoms with Gasteiger partial charge in [-0.3, -0.25) is 4.99 Å². The average molecular weight is 548 g/mol. The highest BCUT2D eigenvalue weighted by Crippen LogP contribution is 2.18. The van der Waals surface area contributed by atoms with Crippen LogP contribution in [0, 0.1) is 12.8 Å². The molecule has 1 fully saturated rings. The van der Waals surface area contributed by atoms with Crippen LogP contribution in [0.25, 0.3) is 11.0 Å². The number of nitrogens with zero attached hydrogens (tertiary/aromatic N) is 4. The fraction of sp³-hybridized carbons (Fsp3) is 0.600. The number of rotatable bonds is 7. The molecule has 0 amide bonds. The van der Waals surface area contributed by atoms with Gasteiger partial charge < -0.3 is 15.2 Å². The highest BCUT2D eigenvalue weighted by molar-refractivity contribution is 14.0. The van der Waals surface area contributed by atoms with Gasteiger partial charge in [0.25, 0.3) is 0 Å². The van der Waals surface area contributed by atoms with Gasteiger partial charge in [0.1, 0.15) is 5.82 Å². The van der Waals surface area contributed by atoms with Crippen molar-refractivity contribution in [3.63, 3.8) is 0 Å². The predicted octanol–water partition coefficient (Wildman–Crippen LogP) is 2.19. The second kappa shape index (κ2) is 11.3. The number of aromatic nitrogens is 2. The molecule has 3 rings (SSSR count). The number of sulfonamides is 1. The maximum absolute atomic E-state index is 11.6. The summed E-state index contributed by atoms with van der Waals surface area (Å²) in [6.07, 6.45) is 4.01. The first-order valence-corrected chi connectivity index (χ1v) is 12.0. The van der Waals surface area contributed by atoms with E-state index in [4.69, 9.17) is 0 Å². The van der Waals surface area contributed by atoms with Crippen LogP contribution < -0.4 is 10.6 Å². The van der Waals surface area contributed by atoms with E-state index in [9.17, 15) is 8.42 Å². The highest BCUT2D eigenvalue weighted by atomic mass is 127. The molecule has 0 aliphatic carbocycles. The molecule has 0 spiro atoms. The van der Waals surface area contributed by atoms with Crippen LogP contribution in [0.3, 0.4) is 0 Å². The zero-order chi connectivity index (χ0) is 20.9. The maximum Gasteiger partial charge on any atom is 0.211 e. The highest BCUT2D eigenvalue weighted by Gasteiger charge is 2.24. The molecule has 0 bridgehead atoms. The van der Waals surface area contributed by atoms with Crippen molar-refractivity contribution in [2.75, 3.05) is 39.5 Å². The molecule has 1 aliphatic rings. The Kier molecular flexibility index (Phi) is 9.35. The van der Waals surface area contributed by atoms with Crippen LogP contribution in [0.5, 0.6) is 0 Å². The van der Waals surface area contributed by atoms with Gasteiger partial charge in [0.15, 0.2) is 5.96 Å². The topological polar surface area (TPSA) is 91.6 Å². The normalized spacial score (nSPS) is 16.4. The summed E-state index contributed by atoms with van der Waals surface area (Å²) in [5, 5.41) is 6.75. The fourth-order valence-corrected chi connectivity index (χ4v) is 4.70. The Hall–Kier alpha value is -1.40. The molecule has 2 N–H and O–H groups in total. The lowest BCUT2D eigenvalue weighted by molar-refractivity contribution is 0.275. The smallest absolute Gasteiger partial charge is 0.211 e. The number of para-hydroxylation sites is 2. The van der Waals surface area contributed by atoms with Gasteiger partial charge in [-0.15, -0.1) is 24.0 Å². The minimum Gasteiger partial charge on any atom is -0.356 e. The van der Waals surface area contributed by atoms with E-state index >= 15 is 0 Å². The van der Waals surface area contributed by atoms with E-state index in [1.54, 1.807) is 11.4 Å². The molecule has 168 valence electrons. The number of hydrogen-bond acceptors (Lipinski definition) is 4. The van der Waals surface area contributed by atoms with Gasteiger partial charge in [-0.25, -0.2) is 17.7 Å². The third-order valence-electron chi connectivity index (χ3n) is 5.52. The molecule has 1 saturated heterocycles. The largest absolute Gasteiger partial charge is 0.356 e. The monoisotopic (exact) mass is 548 g/mol. The van der Waals surface area contributed by atoms with Gasteiger partial charge in [0.2, 0.25) is 10.0 Å². The van der Waals surface area contributed by atoms with Crippen LogP contribution in [-0.4, -0.2) is 67.7 Å². The molecule has 30 heavy (non-hydrogen) atoms. The first kappa shape index (κ1) is 24.9. The van der Waals surface area contributed by atoms with E-state index in [-0.39, 0.29) is 24.0 Å². The van der Waals surface area contributed by atoms with Crippen LogP contribution >= 0.6 is 24.0 Å². The quantitative estimate of drug-likeness (QED) is 0.240. The van der Waals surface area contributed by atoms with Gasteiger partial charge in [0, 0.05) is 39.8 Å². The first-order chi connectivity index (χ1) is 13.9. The predicted molar refractivity (Wildman–Crippen MR) is 133 cm³/mol. The summed E-state index contributed by atoms with van der Waals surface area (Å²) in [7, 11) is -1.29. The number of piperidine rings is 1. The van der Waals surface area contributed by atoms with Crippen molar-refractivity contribution in [1.29, 1.82) is 0 Å². The van der Waals surface area contributed by atoms with Gasteiger partial charge in [-0.1, -0.05) is 12.1 Å². The molecule has 1 aromatic carbocycles. The Morgan fingerprint density at radius 1 is 1.23 bits per heavy atom. The third-order valence-corrected chi connectivity index (χ3v) is 6.82. The molecule has 8 nitrogen and oxygen atoms in total. The number of benzene rings is 1. The minimum absolute atomic E-state index is 0. The summed E-state index contributed by atoms with van der Waals surface area (Å²) in [5.74, 6) is 2.29. The number of aryl methyl sites for hydroxylation is 2. The number of nitrogens with one attached hydrogen (secondary N) is 2. The van der Waals surface area contributed by atoms with Crippen LogP contribution in [0.15, 0.2) is 29.3 Å². The molecule has 2 aromatic rings. The Morgan fingerprint density at radius 2 is 1.93 bits per heavy atom. The van der Waals surface area contributed by atoms with Crippen LogP contribution in [0.1, 0.15) is 25.1 Å². The summed E-state index contributed by atoms with van der Waals surface area (Å²) in [6.45, 7) is 5.79. The van der Waals surface area contributed by atoms with Crippen LogP contribution in [-0.2, 0) is 16.6 Å². The number of imidazole rings is 1. The standard InChI is InChI=1S/C20H32N6O2S.HI/c1-16-24-18-7-4-5-8-19(18)26(16)12-6-11-22-20(21-2)23-15-17-9-13-25(14-10-17)29(3,27)28;/h4-5,7-8,17H,6,9-15H2,1-3H3,(H2,21,22,23);1H. The summed E-state index contributed by atoms with van der Waals surface area (Å²) in [6, 6.07) is 8.22. The van der Waals surface area contributed by atoms with Gasteiger partial charge in [-0.2, -0.15) is 0 Å². The molecule has 0 unspecified atom stereocenters. The SMILES string of the molecule is CN=C(NCCCn1c(C)nc2ccccc21)NCC1CCN(S(C)(=O)=O)CC1.I. The molecule has 1 aliphatic heterocycles. The summed E-state index contributed by atoms with van der Waals surface area (Å²) >= 11 is 0. The minimum atomic E-state index is -3.07. The third kappa shape index (κ3) is 6.55. The van der Waals surface area contributed by atoms with Crippen molar-refractivity contribution in [3.8, 4) is 0 Å². The maximum atomic E-state index is 11.6. The molecule has 0 atom stereocenters. The molecule has 0 radical (unpaired) electrons. The van der Waals surface area contributed by atoms with Crippen molar-refractivity contribution >= 4 is 51.0 Å². The fourth-order valence-electron chi connectivity index (χ4n) is 3.83. The molecule has 10 heteroatoms. The molecule has 0 saturated carbocycles. The zero-order valence-corrected chi connectivity index (χ0v) is 21.1. The van der Waals surface area contributed by atoms with Crippen molar-refractivity contribution in [2.45, 2.75) is 32.7 Å². The van der Waals surface area contributed by atoms with E-state index in [2.05, 4.69) is 31.2 Å². The van der Waals surface area contributed by atoms with Crippen molar-refractivity contribution in [1.82, 2.24) is 24.5 Å². The molecular formula is C20H33IN6O2S. The Labute approximate surface area is 196 Å². The number of fused-ring (bicyclic) bond motifs is 1. The zero-order valence-electron chi connectivity index (χ0n) is 18.0. The summed E-state index contributed by atoms with van der Waals surface area (Å²) in [5.41, 5.74) is 2.21. The van der Waals surface area contributed by atoms with E-state index in [1.807, 2.05) is 25.1 Å². The Bertz CT molecular complexity index is 951. The van der Waals surface area contributed by atoms with E-state index < -0.39 is 10.0 Å². The van der Waals surface area contributed by atoms with Gasteiger partial charge in [0.05, 0.1) is 17.3 Å². The first-order valence-electron chi connectivity index (χ1n) is 10.2. The number of aliphatic imine (C=N–C) groups is 1. The molecule has 2 heterocycles. The Balaban J connectivity index is 0.00000320. The average Bonchev–Trinajstić information content (AvgIpc) is 3.02.